The number of anilines is 1. The molecule has 9 heteroatoms. The third-order valence-corrected chi connectivity index (χ3v) is 4.12. The summed E-state index contributed by atoms with van der Waals surface area (Å²) in [5, 5.41) is 22.8. The molecule has 1 aromatic rings. The Morgan fingerprint density at radius 3 is 2.67 bits per heavy atom. The number of carbonyl (C=O) groups is 2. The second kappa shape index (κ2) is 7.73. The maximum absolute atomic E-state index is 12.1. The zero-order chi connectivity index (χ0) is 17.7. The number of nitro benzene ring substituents is 1. The molecule has 1 unspecified atom stereocenters. The zero-order valence-electron chi connectivity index (χ0n) is 12.9. The Morgan fingerprint density at radius 1 is 1.42 bits per heavy atom. The van der Waals surface area contributed by atoms with Gasteiger partial charge in [-0.15, -0.1) is 0 Å². The molecule has 0 bridgehead atoms. The molecule has 1 heterocycles. The fraction of sp³-hybridized carbons (Fsp3) is 0.467. The lowest BCUT2D eigenvalue weighted by Crippen LogP contribution is -2.39. The number of ether oxygens (including phenoxy) is 1. The van der Waals surface area contributed by atoms with Crippen molar-refractivity contribution >= 4 is 23.3 Å². The number of carboxylic acids is 1. The minimum absolute atomic E-state index is 0.0397. The van der Waals surface area contributed by atoms with E-state index in [1.165, 1.54) is 12.1 Å². The number of carbonyl (C=O) groups excluding carboxylic acids is 1. The first-order chi connectivity index (χ1) is 11.4. The molecule has 2 rings (SSSR count). The number of nitro groups is 1. The molecule has 1 saturated heterocycles. The first-order valence-corrected chi connectivity index (χ1v) is 7.52. The van der Waals surface area contributed by atoms with Crippen LogP contribution in [0.5, 0.6) is 0 Å². The summed E-state index contributed by atoms with van der Waals surface area (Å²) in [4.78, 5) is 33.8. The molecule has 1 aliphatic heterocycles. The number of nitrogens with one attached hydrogen (secondary N) is 1. The number of hydrogen-bond donors (Lipinski definition) is 3. The van der Waals surface area contributed by atoms with Crippen molar-refractivity contribution in [3.05, 3.63) is 33.9 Å². The highest BCUT2D eigenvalue weighted by atomic mass is 16.6. The first-order valence-electron chi connectivity index (χ1n) is 7.52. The monoisotopic (exact) mass is 337 g/mol. The number of nitrogens with two attached hydrogens (primary N) is 1. The lowest BCUT2D eigenvalue weighted by molar-refractivity contribution is -0.383. The van der Waals surface area contributed by atoms with Crippen LogP contribution in [0.25, 0.3) is 0 Å². The Hall–Kier alpha value is -2.68. The molecule has 1 aliphatic rings. The van der Waals surface area contributed by atoms with Crippen molar-refractivity contribution in [2.75, 3.05) is 25.5 Å². The van der Waals surface area contributed by atoms with Crippen LogP contribution in [0.3, 0.4) is 0 Å². The molecule has 9 nitrogen and oxygen atoms in total. The molecule has 0 saturated carbocycles. The quantitative estimate of drug-likeness (QED) is 0.399. The van der Waals surface area contributed by atoms with E-state index >= 15 is 0 Å². The van der Waals surface area contributed by atoms with Gasteiger partial charge in [-0.2, -0.15) is 0 Å². The molecular formula is C15H19N3O6. The summed E-state index contributed by atoms with van der Waals surface area (Å²) in [6.07, 6.45) is 1.25. The van der Waals surface area contributed by atoms with E-state index in [0.29, 0.717) is 26.1 Å². The number of carboxylic acid groups (broad SMARTS) is 1. The first kappa shape index (κ1) is 17.7. The minimum atomic E-state index is -0.981. The van der Waals surface area contributed by atoms with Gasteiger partial charge in [0, 0.05) is 31.4 Å². The van der Waals surface area contributed by atoms with Crippen molar-refractivity contribution in [1.82, 2.24) is 5.32 Å². The Morgan fingerprint density at radius 2 is 2.08 bits per heavy atom. The molecular weight excluding hydrogens is 318 g/mol. The number of amides is 1. The number of rotatable bonds is 6. The van der Waals surface area contributed by atoms with Gasteiger partial charge in [-0.1, -0.05) is 0 Å². The lowest BCUT2D eigenvalue weighted by atomic mass is 9.86. The molecule has 0 aromatic heterocycles. The van der Waals surface area contributed by atoms with E-state index in [2.05, 4.69) is 5.32 Å². The van der Waals surface area contributed by atoms with Crippen LogP contribution in [0, 0.1) is 22.0 Å². The van der Waals surface area contributed by atoms with Crippen LogP contribution in [0.15, 0.2) is 18.2 Å². The number of nitrogens with zero attached hydrogens (tertiary/aromatic N) is 1. The van der Waals surface area contributed by atoms with Gasteiger partial charge < -0.3 is 20.9 Å². The molecule has 1 amide bonds. The van der Waals surface area contributed by atoms with Gasteiger partial charge in [0.2, 0.25) is 0 Å². The van der Waals surface area contributed by atoms with E-state index in [4.69, 9.17) is 10.5 Å². The van der Waals surface area contributed by atoms with Gasteiger partial charge in [0.05, 0.1) is 10.8 Å². The average molecular weight is 337 g/mol. The highest BCUT2D eigenvalue weighted by Crippen LogP contribution is 2.25. The predicted octanol–water partition coefficient (Wildman–Crippen LogP) is 1.03. The molecule has 0 spiro atoms. The van der Waals surface area contributed by atoms with Crippen molar-refractivity contribution in [3.8, 4) is 0 Å². The van der Waals surface area contributed by atoms with Crippen LogP contribution in [0.2, 0.25) is 0 Å². The van der Waals surface area contributed by atoms with Crippen molar-refractivity contribution in [2.24, 2.45) is 11.8 Å². The summed E-state index contributed by atoms with van der Waals surface area (Å²) >= 11 is 0. The Labute approximate surface area is 137 Å². The molecule has 4 N–H and O–H groups in total. The van der Waals surface area contributed by atoms with Crippen molar-refractivity contribution in [1.29, 1.82) is 0 Å². The molecule has 0 aliphatic carbocycles. The minimum Gasteiger partial charge on any atom is -0.481 e. The van der Waals surface area contributed by atoms with E-state index in [-0.39, 0.29) is 29.4 Å². The van der Waals surface area contributed by atoms with E-state index in [0.717, 1.165) is 6.07 Å². The highest BCUT2D eigenvalue weighted by molar-refractivity contribution is 5.95. The van der Waals surface area contributed by atoms with E-state index in [1.807, 2.05) is 0 Å². The smallest absolute Gasteiger partial charge is 0.308 e. The fourth-order valence-electron chi connectivity index (χ4n) is 2.72. The fourth-order valence-corrected chi connectivity index (χ4v) is 2.72. The lowest BCUT2D eigenvalue weighted by Gasteiger charge is -2.27. The molecule has 1 fully saturated rings. The second-order valence-corrected chi connectivity index (χ2v) is 5.64. The number of hydrogen-bond acceptors (Lipinski definition) is 6. The summed E-state index contributed by atoms with van der Waals surface area (Å²) in [7, 11) is 0. The van der Waals surface area contributed by atoms with Crippen LogP contribution in [-0.4, -0.2) is 41.7 Å². The molecule has 1 atom stereocenters. The van der Waals surface area contributed by atoms with Gasteiger partial charge in [0.15, 0.2) is 0 Å². The Kier molecular flexibility index (Phi) is 5.69. The standard InChI is InChI=1S/C15H19N3O6/c16-12-2-1-10(7-13(12)18(22)23)14(19)17-8-11(15(20)21)9-3-5-24-6-4-9/h1-2,7,9,11H,3-6,8,16H2,(H,17,19)(H,20,21). The summed E-state index contributed by atoms with van der Waals surface area (Å²) in [6, 6.07) is 3.72. The SMILES string of the molecule is Nc1ccc(C(=O)NCC(C(=O)O)C2CCOCC2)cc1[N+](=O)[O-]. The van der Waals surface area contributed by atoms with E-state index < -0.39 is 22.7 Å². The van der Waals surface area contributed by atoms with Gasteiger partial charge in [0.1, 0.15) is 5.69 Å². The van der Waals surface area contributed by atoms with Crippen LogP contribution >= 0.6 is 0 Å². The number of benzene rings is 1. The van der Waals surface area contributed by atoms with Gasteiger partial charge in [-0.3, -0.25) is 19.7 Å². The Bertz CT molecular complexity index is 642. The van der Waals surface area contributed by atoms with Gasteiger partial charge >= 0.3 is 5.97 Å². The van der Waals surface area contributed by atoms with Crippen molar-refractivity contribution in [3.63, 3.8) is 0 Å². The number of nitrogen functional groups attached to an aromatic ring is 1. The predicted molar refractivity (Wildman–Crippen MR) is 84.5 cm³/mol. The van der Waals surface area contributed by atoms with Crippen LogP contribution in [0.4, 0.5) is 11.4 Å². The van der Waals surface area contributed by atoms with Gasteiger partial charge in [-0.25, -0.2) is 0 Å². The molecule has 1 aromatic carbocycles. The van der Waals surface area contributed by atoms with Crippen LogP contribution < -0.4 is 11.1 Å². The van der Waals surface area contributed by atoms with Gasteiger partial charge in [0.25, 0.3) is 11.6 Å². The highest BCUT2D eigenvalue weighted by Gasteiger charge is 2.30. The molecule has 130 valence electrons. The molecule has 0 radical (unpaired) electrons. The maximum Gasteiger partial charge on any atom is 0.308 e. The van der Waals surface area contributed by atoms with E-state index in [1.54, 1.807) is 0 Å². The van der Waals surface area contributed by atoms with Crippen LogP contribution in [0.1, 0.15) is 23.2 Å². The van der Waals surface area contributed by atoms with Gasteiger partial charge in [-0.05, 0) is 30.9 Å². The summed E-state index contributed by atoms with van der Waals surface area (Å²) < 4.78 is 5.22. The maximum atomic E-state index is 12.1. The summed E-state index contributed by atoms with van der Waals surface area (Å²) in [5.74, 6) is -2.35. The Balaban J connectivity index is 2.04. The zero-order valence-corrected chi connectivity index (χ0v) is 12.9. The van der Waals surface area contributed by atoms with Crippen LogP contribution in [-0.2, 0) is 9.53 Å². The third kappa shape index (κ3) is 4.19. The average Bonchev–Trinajstić information content (AvgIpc) is 2.55. The summed E-state index contributed by atoms with van der Waals surface area (Å²) in [6.45, 7) is 0.968. The second-order valence-electron chi connectivity index (χ2n) is 5.64. The largest absolute Gasteiger partial charge is 0.481 e. The third-order valence-electron chi connectivity index (χ3n) is 4.12. The number of aliphatic carboxylic acids is 1. The van der Waals surface area contributed by atoms with Crippen molar-refractivity contribution < 1.29 is 24.4 Å². The summed E-state index contributed by atoms with van der Waals surface area (Å²) in [5.41, 5.74) is 5.15. The normalized spacial score (nSPS) is 16.3. The molecule has 24 heavy (non-hydrogen) atoms. The topological polar surface area (TPSA) is 145 Å². The van der Waals surface area contributed by atoms with E-state index in [9.17, 15) is 24.8 Å². The van der Waals surface area contributed by atoms with Crippen molar-refractivity contribution in [2.45, 2.75) is 12.8 Å².